The van der Waals surface area contributed by atoms with Gasteiger partial charge < -0.3 is 5.73 Å². The summed E-state index contributed by atoms with van der Waals surface area (Å²) in [6.07, 6.45) is 1.89. The molecule has 0 unspecified atom stereocenters. The van der Waals surface area contributed by atoms with Gasteiger partial charge in [-0.05, 0) is 35.4 Å². The highest BCUT2D eigenvalue weighted by atomic mass is 79.9. The van der Waals surface area contributed by atoms with Crippen LogP contribution in [0.15, 0.2) is 47.1 Å². The van der Waals surface area contributed by atoms with E-state index < -0.39 is 0 Å². The number of benzene rings is 2. The van der Waals surface area contributed by atoms with E-state index >= 15 is 0 Å². The minimum atomic E-state index is -0.387. The van der Waals surface area contributed by atoms with E-state index in [9.17, 15) is 4.39 Å². The average molecular weight is 412 g/mol. The summed E-state index contributed by atoms with van der Waals surface area (Å²) in [5.41, 5.74) is 10.5. The number of hydrogen-bond acceptors (Lipinski definition) is 4. The fourth-order valence-corrected chi connectivity index (χ4v) is 4.03. The number of aromatic nitrogens is 3. The molecule has 2 aromatic heterocycles. The molecule has 0 fully saturated rings. The van der Waals surface area contributed by atoms with Gasteiger partial charge in [-0.25, -0.2) is 14.4 Å². The van der Waals surface area contributed by atoms with Crippen LogP contribution in [0.4, 0.5) is 10.3 Å². The maximum absolute atomic E-state index is 14.0. The van der Waals surface area contributed by atoms with Crippen LogP contribution in [0.2, 0.25) is 0 Å². The Bertz CT molecular complexity index is 1170. The average Bonchev–Trinajstić information content (AvgIpc) is 3.20. The highest BCUT2D eigenvalue weighted by molar-refractivity contribution is 9.10. The van der Waals surface area contributed by atoms with Crippen molar-refractivity contribution in [1.29, 1.82) is 0 Å². The Balaban J connectivity index is 1.52. The number of nitrogens with zero attached hydrogens (tertiary/aromatic N) is 4. The first kappa shape index (κ1) is 15.7. The van der Waals surface area contributed by atoms with E-state index in [0.29, 0.717) is 17.6 Å². The lowest BCUT2D eigenvalue weighted by molar-refractivity contribution is 0.272. The summed E-state index contributed by atoms with van der Waals surface area (Å²) >= 11 is 3.53. The Labute approximate surface area is 157 Å². The molecule has 5 rings (SSSR count). The van der Waals surface area contributed by atoms with Gasteiger partial charge in [0.2, 0.25) is 5.95 Å². The van der Waals surface area contributed by atoms with Crippen molar-refractivity contribution in [3.05, 3.63) is 69.7 Å². The first-order valence-corrected chi connectivity index (χ1v) is 9.09. The number of para-hydroxylation sites is 1. The Morgan fingerprint density at radius 3 is 2.85 bits per heavy atom. The summed E-state index contributed by atoms with van der Waals surface area (Å²) in [7, 11) is 0. The molecule has 0 saturated carbocycles. The van der Waals surface area contributed by atoms with Crippen molar-refractivity contribution in [2.24, 2.45) is 0 Å². The zero-order chi connectivity index (χ0) is 17.8. The van der Waals surface area contributed by atoms with Crippen LogP contribution in [0.3, 0.4) is 0 Å². The predicted octanol–water partition coefficient (Wildman–Crippen LogP) is 3.88. The van der Waals surface area contributed by atoms with Gasteiger partial charge in [0.15, 0.2) is 0 Å². The Kier molecular flexibility index (Phi) is 3.48. The van der Waals surface area contributed by atoms with Crippen molar-refractivity contribution >= 4 is 38.4 Å². The summed E-state index contributed by atoms with van der Waals surface area (Å²) in [6.45, 7) is 2.47. The molecule has 0 aliphatic carbocycles. The highest BCUT2D eigenvalue weighted by Gasteiger charge is 2.21. The molecule has 0 atom stereocenters. The highest BCUT2D eigenvalue weighted by Crippen LogP contribution is 2.28. The number of fused-ring (bicyclic) bond motifs is 4. The molecular formula is C19H15BrFN5. The van der Waals surface area contributed by atoms with Gasteiger partial charge in [0.05, 0.1) is 5.69 Å². The smallest absolute Gasteiger partial charge is 0.206 e. The number of nitrogens with two attached hydrogens (primary N) is 1. The molecule has 2 N–H and O–H groups in total. The Morgan fingerprint density at radius 1 is 1.12 bits per heavy atom. The molecule has 0 bridgehead atoms. The van der Waals surface area contributed by atoms with Crippen molar-refractivity contribution in [3.8, 4) is 0 Å². The number of halogens is 2. The van der Waals surface area contributed by atoms with Crippen LogP contribution in [0.25, 0.3) is 16.6 Å². The normalized spacial score (nSPS) is 14.4. The van der Waals surface area contributed by atoms with Gasteiger partial charge in [0.1, 0.15) is 17.0 Å². The van der Waals surface area contributed by atoms with Gasteiger partial charge in [0, 0.05) is 35.7 Å². The van der Waals surface area contributed by atoms with Crippen LogP contribution in [0.1, 0.15) is 16.8 Å². The van der Waals surface area contributed by atoms with E-state index in [1.165, 1.54) is 17.2 Å². The second-order valence-electron chi connectivity index (χ2n) is 6.59. The minimum absolute atomic E-state index is 0.241. The maximum Gasteiger partial charge on any atom is 0.206 e. The van der Waals surface area contributed by atoms with Gasteiger partial charge in [-0.2, -0.15) is 0 Å². The van der Waals surface area contributed by atoms with E-state index in [1.54, 1.807) is 10.5 Å². The second-order valence-corrected chi connectivity index (χ2v) is 7.51. The maximum atomic E-state index is 14.0. The third kappa shape index (κ3) is 2.47. The SMILES string of the molecule is Nc1nc2c(F)cccc2c2nc(CN3Cc4ccc(Br)cc4C3)cn12. The molecule has 0 amide bonds. The number of rotatable bonds is 2. The first-order chi connectivity index (χ1) is 12.6. The third-order valence-electron chi connectivity index (χ3n) is 4.80. The van der Waals surface area contributed by atoms with Crippen LogP contribution >= 0.6 is 15.9 Å². The zero-order valence-corrected chi connectivity index (χ0v) is 15.4. The van der Waals surface area contributed by atoms with Crippen LogP contribution in [0, 0.1) is 5.82 Å². The Morgan fingerprint density at radius 2 is 1.96 bits per heavy atom. The number of anilines is 1. The molecule has 7 heteroatoms. The largest absolute Gasteiger partial charge is 0.369 e. The standard InChI is InChI=1S/C19H15BrFN5/c20-13-5-4-11-7-25(8-12(11)6-13)9-14-10-26-18(23-14)15-2-1-3-16(21)17(15)24-19(26)22/h1-6,10H,7-9H2,(H2,22,24). The fourth-order valence-electron chi connectivity index (χ4n) is 3.62. The van der Waals surface area contributed by atoms with E-state index in [4.69, 9.17) is 10.7 Å². The molecule has 0 radical (unpaired) electrons. The Hall–Kier alpha value is -2.51. The van der Waals surface area contributed by atoms with Crippen molar-refractivity contribution in [3.63, 3.8) is 0 Å². The summed E-state index contributed by atoms with van der Waals surface area (Å²) < 4.78 is 16.9. The number of hydrogen-bond donors (Lipinski definition) is 1. The van der Waals surface area contributed by atoms with Gasteiger partial charge in [-0.15, -0.1) is 0 Å². The first-order valence-electron chi connectivity index (χ1n) is 8.30. The second kappa shape index (κ2) is 5.75. The lowest BCUT2D eigenvalue weighted by atomic mass is 10.1. The lowest BCUT2D eigenvalue weighted by Gasteiger charge is -2.12. The molecule has 1 aliphatic rings. The van der Waals surface area contributed by atoms with Gasteiger partial charge >= 0.3 is 0 Å². The lowest BCUT2D eigenvalue weighted by Crippen LogP contribution is -2.15. The predicted molar refractivity (Wildman–Crippen MR) is 102 cm³/mol. The molecule has 0 saturated heterocycles. The van der Waals surface area contributed by atoms with Crippen molar-refractivity contribution in [2.45, 2.75) is 19.6 Å². The molecular weight excluding hydrogens is 397 g/mol. The van der Waals surface area contributed by atoms with E-state index in [1.807, 2.05) is 12.3 Å². The quantitative estimate of drug-likeness (QED) is 0.543. The van der Waals surface area contributed by atoms with Gasteiger partial charge in [0.25, 0.3) is 0 Å². The van der Waals surface area contributed by atoms with Crippen LogP contribution in [-0.4, -0.2) is 19.3 Å². The third-order valence-corrected chi connectivity index (χ3v) is 5.29. The van der Waals surface area contributed by atoms with Crippen LogP contribution in [0.5, 0.6) is 0 Å². The molecule has 26 heavy (non-hydrogen) atoms. The van der Waals surface area contributed by atoms with Crippen LogP contribution < -0.4 is 5.73 Å². The van der Waals surface area contributed by atoms with Crippen molar-refractivity contribution in [1.82, 2.24) is 19.3 Å². The molecule has 0 spiro atoms. The molecule has 2 aromatic carbocycles. The van der Waals surface area contributed by atoms with Crippen molar-refractivity contribution < 1.29 is 4.39 Å². The molecule has 1 aliphatic heterocycles. The molecule has 5 nitrogen and oxygen atoms in total. The number of nitrogen functional groups attached to an aromatic ring is 1. The van der Waals surface area contributed by atoms with Gasteiger partial charge in [-0.1, -0.05) is 28.1 Å². The summed E-state index contributed by atoms with van der Waals surface area (Å²) in [5, 5.41) is 0.666. The molecule has 3 heterocycles. The summed E-state index contributed by atoms with van der Waals surface area (Å²) in [6, 6.07) is 11.3. The van der Waals surface area contributed by atoms with Gasteiger partial charge in [-0.3, -0.25) is 9.30 Å². The molecule has 130 valence electrons. The summed E-state index contributed by atoms with van der Waals surface area (Å²) in [5.74, 6) is -0.146. The van der Waals surface area contributed by atoms with Crippen LogP contribution in [-0.2, 0) is 19.6 Å². The van der Waals surface area contributed by atoms with E-state index in [0.717, 1.165) is 23.3 Å². The zero-order valence-electron chi connectivity index (χ0n) is 13.8. The molecule has 4 aromatic rings. The topological polar surface area (TPSA) is 59.5 Å². The number of imidazole rings is 1. The minimum Gasteiger partial charge on any atom is -0.369 e. The fraction of sp³-hybridized carbons (Fsp3) is 0.158. The monoisotopic (exact) mass is 411 g/mol. The van der Waals surface area contributed by atoms with Crippen molar-refractivity contribution in [2.75, 3.05) is 5.73 Å². The van der Waals surface area contributed by atoms with E-state index in [2.05, 4.69) is 44.0 Å². The summed E-state index contributed by atoms with van der Waals surface area (Å²) in [4.78, 5) is 11.2. The van der Waals surface area contributed by atoms with E-state index in [-0.39, 0.29) is 17.3 Å².